The second-order valence-electron chi connectivity index (χ2n) is 3.43. The molecule has 0 fully saturated rings. The number of anilines is 2. The molecule has 0 aliphatic carbocycles. The summed E-state index contributed by atoms with van der Waals surface area (Å²) >= 11 is 0. The molecule has 0 aliphatic rings. The highest BCUT2D eigenvalue weighted by atomic mass is 16.6. The van der Waals surface area contributed by atoms with Crippen LogP contribution in [0.3, 0.4) is 0 Å². The Labute approximate surface area is 108 Å². The predicted octanol–water partition coefficient (Wildman–Crippen LogP) is 1.92. The van der Waals surface area contributed by atoms with Crippen molar-refractivity contribution in [2.75, 3.05) is 11.9 Å². The third kappa shape index (κ3) is 2.92. The largest absolute Gasteiger partial charge is 0.473 e. The second kappa shape index (κ2) is 5.71. The number of aromatic nitrogens is 3. The summed E-state index contributed by atoms with van der Waals surface area (Å²) in [6, 6.07) is 3.35. The maximum atomic E-state index is 11.1. The summed E-state index contributed by atoms with van der Waals surface area (Å²) in [5.74, 6) is 0.0220. The van der Waals surface area contributed by atoms with Gasteiger partial charge in [0.25, 0.3) is 5.88 Å². The molecular weight excluding hydrogens is 250 g/mol. The van der Waals surface area contributed by atoms with E-state index in [-0.39, 0.29) is 24.0 Å². The lowest BCUT2D eigenvalue weighted by Gasteiger charge is -2.08. The SMILES string of the molecule is CCOc1ncnc(Nc2ccncc2)c1[N+](=O)[O-]. The number of nitrogens with one attached hydrogen (secondary N) is 1. The van der Waals surface area contributed by atoms with Gasteiger partial charge in [-0.1, -0.05) is 0 Å². The molecule has 1 N–H and O–H groups in total. The highest BCUT2D eigenvalue weighted by Gasteiger charge is 2.24. The van der Waals surface area contributed by atoms with Crippen LogP contribution >= 0.6 is 0 Å². The maximum Gasteiger partial charge on any atom is 0.373 e. The van der Waals surface area contributed by atoms with E-state index in [1.807, 2.05) is 0 Å². The van der Waals surface area contributed by atoms with Crippen molar-refractivity contribution in [3.63, 3.8) is 0 Å². The van der Waals surface area contributed by atoms with Gasteiger partial charge in [0, 0.05) is 18.1 Å². The molecule has 2 rings (SSSR count). The van der Waals surface area contributed by atoms with Crippen LogP contribution in [0.4, 0.5) is 17.2 Å². The Balaban J connectivity index is 2.39. The molecule has 2 aromatic heterocycles. The predicted molar refractivity (Wildman–Crippen MR) is 67.4 cm³/mol. The van der Waals surface area contributed by atoms with E-state index in [4.69, 9.17) is 4.74 Å². The van der Waals surface area contributed by atoms with E-state index in [9.17, 15) is 10.1 Å². The molecule has 0 unspecified atom stereocenters. The van der Waals surface area contributed by atoms with Crippen LogP contribution in [0.15, 0.2) is 30.9 Å². The van der Waals surface area contributed by atoms with Crippen LogP contribution in [0, 0.1) is 10.1 Å². The summed E-state index contributed by atoms with van der Waals surface area (Å²) < 4.78 is 5.13. The molecule has 98 valence electrons. The molecule has 0 radical (unpaired) electrons. The molecule has 8 nitrogen and oxygen atoms in total. The quantitative estimate of drug-likeness (QED) is 0.647. The van der Waals surface area contributed by atoms with Crippen LogP contribution in [0.2, 0.25) is 0 Å². The number of hydrogen-bond donors (Lipinski definition) is 1. The molecule has 0 saturated heterocycles. The van der Waals surface area contributed by atoms with Gasteiger partial charge in [-0.3, -0.25) is 15.1 Å². The average Bonchev–Trinajstić information content (AvgIpc) is 2.40. The zero-order valence-electron chi connectivity index (χ0n) is 10.1. The highest BCUT2D eigenvalue weighted by molar-refractivity contribution is 5.68. The molecular formula is C11H11N5O3. The second-order valence-corrected chi connectivity index (χ2v) is 3.43. The minimum Gasteiger partial charge on any atom is -0.473 e. The Kier molecular flexibility index (Phi) is 3.81. The normalized spacial score (nSPS) is 9.95. The lowest BCUT2D eigenvalue weighted by atomic mass is 10.4. The Morgan fingerprint density at radius 1 is 1.37 bits per heavy atom. The van der Waals surface area contributed by atoms with Crippen molar-refractivity contribution in [2.45, 2.75) is 6.92 Å². The van der Waals surface area contributed by atoms with Crippen molar-refractivity contribution < 1.29 is 9.66 Å². The Morgan fingerprint density at radius 3 is 2.74 bits per heavy atom. The first kappa shape index (κ1) is 12.7. The molecule has 0 saturated carbocycles. The smallest absolute Gasteiger partial charge is 0.373 e. The fraction of sp³-hybridized carbons (Fsp3) is 0.182. The van der Waals surface area contributed by atoms with Gasteiger partial charge >= 0.3 is 5.69 Å². The van der Waals surface area contributed by atoms with Crippen molar-refractivity contribution in [3.8, 4) is 5.88 Å². The summed E-state index contributed by atoms with van der Waals surface area (Å²) in [5, 5.41) is 13.9. The van der Waals surface area contributed by atoms with Crippen molar-refractivity contribution in [2.24, 2.45) is 0 Å². The summed E-state index contributed by atoms with van der Waals surface area (Å²) in [7, 11) is 0. The monoisotopic (exact) mass is 261 g/mol. The Morgan fingerprint density at radius 2 is 2.11 bits per heavy atom. The summed E-state index contributed by atoms with van der Waals surface area (Å²) in [5.41, 5.74) is 0.348. The zero-order valence-corrected chi connectivity index (χ0v) is 10.1. The van der Waals surface area contributed by atoms with Gasteiger partial charge in [-0.15, -0.1) is 0 Å². The molecule has 2 heterocycles. The van der Waals surface area contributed by atoms with Gasteiger partial charge in [0.2, 0.25) is 5.82 Å². The number of rotatable bonds is 5. The standard InChI is InChI=1S/C11H11N5O3/c1-2-19-11-9(16(17)18)10(13-7-14-11)15-8-3-5-12-6-4-8/h3-7H,2H2,1H3,(H,12,13,14,15). The minimum absolute atomic E-state index is 0.0564. The summed E-state index contributed by atoms with van der Waals surface area (Å²) in [6.45, 7) is 2.01. The van der Waals surface area contributed by atoms with Gasteiger partial charge in [-0.2, -0.15) is 4.98 Å². The first-order valence-corrected chi connectivity index (χ1v) is 5.51. The lowest BCUT2D eigenvalue weighted by Crippen LogP contribution is -2.05. The van der Waals surface area contributed by atoms with Crippen LogP contribution in [0.1, 0.15) is 6.92 Å². The fourth-order valence-electron chi connectivity index (χ4n) is 1.43. The van der Waals surface area contributed by atoms with E-state index < -0.39 is 4.92 Å². The molecule has 0 aliphatic heterocycles. The molecule has 0 aromatic carbocycles. The maximum absolute atomic E-state index is 11.1. The van der Waals surface area contributed by atoms with E-state index >= 15 is 0 Å². The van der Waals surface area contributed by atoms with Gasteiger partial charge < -0.3 is 10.1 Å². The third-order valence-corrected chi connectivity index (χ3v) is 2.20. The first-order chi connectivity index (χ1) is 9.22. The Bertz CT molecular complexity index is 576. The van der Waals surface area contributed by atoms with E-state index in [2.05, 4.69) is 20.3 Å². The molecule has 8 heteroatoms. The minimum atomic E-state index is -0.575. The lowest BCUT2D eigenvalue weighted by molar-refractivity contribution is -0.385. The van der Waals surface area contributed by atoms with E-state index in [0.29, 0.717) is 5.69 Å². The van der Waals surface area contributed by atoms with Crippen LogP contribution in [0.25, 0.3) is 0 Å². The van der Waals surface area contributed by atoms with E-state index in [1.54, 1.807) is 31.5 Å². The number of ether oxygens (including phenoxy) is 1. The van der Waals surface area contributed by atoms with Gasteiger partial charge in [-0.25, -0.2) is 4.98 Å². The van der Waals surface area contributed by atoms with Crippen molar-refractivity contribution in [1.82, 2.24) is 15.0 Å². The number of pyridine rings is 1. The van der Waals surface area contributed by atoms with Crippen LogP contribution in [-0.4, -0.2) is 26.5 Å². The molecule has 0 spiro atoms. The van der Waals surface area contributed by atoms with E-state index in [1.165, 1.54) is 6.33 Å². The highest BCUT2D eigenvalue weighted by Crippen LogP contribution is 2.32. The molecule has 0 bridgehead atoms. The number of nitrogens with zero attached hydrogens (tertiary/aromatic N) is 4. The fourth-order valence-corrected chi connectivity index (χ4v) is 1.43. The molecule has 2 aromatic rings. The van der Waals surface area contributed by atoms with Crippen LogP contribution in [-0.2, 0) is 0 Å². The van der Waals surface area contributed by atoms with Gasteiger partial charge in [0.05, 0.1) is 11.5 Å². The van der Waals surface area contributed by atoms with Crippen molar-refractivity contribution in [3.05, 3.63) is 41.0 Å². The van der Waals surface area contributed by atoms with Crippen LogP contribution in [0.5, 0.6) is 5.88 Å². The molecule has 0 amide bonds. The van der Waals surface area contributed by atoms with Gasteiger partial charge in [-0.05, 0) is 19.1 Å². The third-order valence-electron chi connectivity index (χ3n) is 2.20. The average molecular weight is 261 g/mol. The zero-order chi connectivity index (χ0) is 13.7. The van der Waals surface area contributed by atoms with Crippen molar-refractivity contribution >= 4 is 17.2 Å². The summed E-state index contributed by atoms with van der Waals surface area (Å²) in [6.07, 6.45) is 4.35. The van der Waals surface area contributed by atoms with Gasteiger partial charge in [0.15, 0.2) is 0 Å². The summed E-state index contributed by atoms with van der Waals surface area (Å²) in [4.78, 5) is 22.0. The topological polar surface area (TPSA) is 103 Å². The van der Waals surface area contributed by atoms with E-state index in [0.717, 1.165) is 0 Å². The van der Waals surface area contributed by atoms with Crippen molar-refractivity contribution in [1.29, 1.82) is 0 Å². The Hall–Kier alpha value is -2.77. The number of hydrogen-bond acceptors (Lipinski definition) is 7. The van der Waals surface area contributed by atoms with Gasteiger partial charge in [0.1, 0.15) is 6.33 Å². The molecule has 0 atom stereocenters. The molecule has 19 heavy (non-hydrogen) atoms. The number of nitro groups is 1. The van der Waals surface area contributed by atoms with Crippen LogP contribution < -0.4 is 10.1 Å². The first-order valence-electron chi connectivity index (χ1n) is 5.51.